The highest BCUT2D eigenvalue weighted by Gasteiger charge is 2.19. The van der Waals surface area contributed by atoms with Gasteiger partial charge in [-0.1, -0.05) is 47.1 Å². The predicted molar refractivity (Wildman–Crippen MR) is 122 cm³/mol. The Labute approximate surface area is 186 Å². The number of benzene rings is 2. The Bertz CT molecular complexity index is 1070. The number of carbonyl (C=O) groups is 1. The van der Waals surface area contributed by atoms with E-state index in [0.717, 1.165) is 16.9 Å². The van der Waals surface area contributed by atoms with Gasteiger partial charge in [0, 0.05) is 17.8 Å². The molecule has 0 spiro atoms. The maximum atomic E-state index is 12.4. The molecule has 1 heterocycles. The number of anilines is 1. The first kappa shape index (κ1) is 22.2. The Morgan fingerprint density at radius 1 is 1.23 bits per heavy atom. The number of halogens is 1. The highest BCUT2D eigenvalue weighted by Crippen LogP contribution is 2.27. The molecule has 0 aliphatic carbocycles. The summed E-state index contributed by atoms with van der Waals surface area (Å²) in [6.07, 6.45) is -0.277. The molecule has 3 rings (SSSR count). The van der Waals surface area contributed by atoms with Crippen LogP contribution in [0.15, 0.2) is 41.6 Å². The number of aromatic nitrogens is 3. The summed E-state index contributed by atoms with van der Waals surface area (Å²) < 4.78 is 7.94. The number of nitrogens with zero attached hydrogens (tertiary/aromatic N) is 3. The number of aryl methyl sites for hydroxylation is 2. The molecule has 0 saturated carbocycles. The van der Waals surface area contributed by atoms with Gasteiger partial charge in [0.25, 0.3) is 0 Å². The second-order valence-corrected chi connectivity index (χ2v) is 8.53. The van der Waals surface area contributed by atoms with E-state index >= 15 is 0 Å². The second-order valence-electron chi connectivity index (χ2n) is 7.18. The van der Waals surface area contributed by atoms with Gasteiger partial charge in [0.2, 0.25) is 5.91 Å². The molecule has 158 valence electrons. The third kappa shape index (κ3) is 5.15. The molecule has 1 N–H and O–H groups in total. The Morgan fingerprint density at radius 3 is 2.73 bits per heavy atom. The van der Waals surface area contributed by atoms with E-state index in [2.05, 4.69) is 28.5 Å². The summed E-state index contributed by atoms with van der Waals surface area (Å²) in [5.41, 5.74) is 3.82. The van der Waals surface area contributed by atoms with Gasteiger partial charge in [0.15, 0.2) is 17.1 Å². The van der Waals surface area contributed by atoms with Crippen molar-refractivity contribution in [2.75, 3.05) is 11.1 Å². The number of hydrogen-bond donors (Lipinski definition) is 1. The lowest BCUT2D eigenvalue weighted by Gasteiger charge is -2.16. The van der Waals surface area contributed by atoms with Crippen LogP contribution in [0.2, 0.25) is 5.02 Å². The lowest BCUT2D eigenvalue weighted by atomic mass is 10.1. The highest BCUT2D eigenvalue weighted by atomic mass is 35.5. The summed E-state index contributed by atoms with van der Waals surface area (Å²) in [6, 6.07) is 11.5. The van der Waals surface area contributed by atoms with E-state index in [1.807, 2.05) is 56.7 Å². The minimum Gasteiger partial charge on any atom is -0.482 e. The van der Waals surface area contributed by atoms with Crippen molar-refractivity contribution < 1.29 is 9.53 Å². The Hall–Kier alpha value is -2.51. The van der Waals surface area contributed by atoms with Gasteiger partial charge in [-0.15, -0.1) is 10.2 Å². The first-order chi connectivity index (χ1) is 14.3. The monoisotopic (exact) mass is 444 g/mol. The zero-order chi connectivity index (χ0) is 21.8. The van der Waals surface area contributed by atoms with Gasteiger partial charge in [-0.25, -0.2) is 0 Å². The molecule has 0 bridgehead atoms. The van der Waals surface area contributed by atoms with Crippen LogP contribution in [0.25, 0.3) is 0 Å². The van der Waals surface area contributed by atoms with E-state index in [-0.39, 0.29) is 17.8 Å². The molecule has 0 saturated heterocycles. The number of ether oxygens (including phenoxy) is 1. The fourth-order valence-corrected chi connectivity index (χ4v) is 3.93. The van der Waals surface area contributed by atoms with Crippen LogP contribution < -0.4 is 10.1 Å². The molecule has 0 radical (unpaired) electrons. The van der Waals surface area contributed by atoms with Crippen LogP contribution in [0.4, 0.5) is 5.69 Å². The van der Waals surface area contributed by atoms with Crippen LogP contribution in [-0.2, 0) is 11.8 Å². The zero-order valence-electron chi connectivity index (χ0n) is 17.7. The summed E-state index contributed by atoms with van der Waals surface area (Å²) in [6.45, 7) is 7.88. The van der Waals surface area contributed by atoms with Crippen molar-refractivity contribution in [3.8, 4) is 5.75 Å². The number of carbonyl (C=O) groups excluding carboxylic acids is 1. The number of rotatable bonds is 7. The first-order valence-corrected chi connectivity index (χ1v) is 10.9. The standard InChI is InChI=1S/C22H25ClN4O2S/c1-13-9-10-19(14(2)11-13)29-16(4)21-25-26-22(27(21)5)30-12-20(28)24-18-8-6-7-17(23)15(18)3/h6-11,16H,12H2,1-5H3,(H,24,28). The minimum atomic E-state index is -0.277. The number of nitrogens with one attached hydrogen (secondary N) is 1. The van der Waals surface area contributed by atoms with Crippen molar-refractivity contribution in [3.63, 3.8) is 0 Å². The molecule has 2 aromatic carbocycles. The van der Waals surface area contributed by atoms with Crippen molar-refractivity contribution in [1.29, 1.82) is 0 Å². The predicted octanol–water partition coefficient (Wildman–Crippen LogP) is 5.26. The lowest BCUT2D eigenvalue weighted by molar-refractivity contribution is -0.113. The van der Waals surface area contributed by atoms with Crippen LogP contribution in [-0.4, -0.2) is 26.4 Å². The largest absolute Gasteiger partial charge is 0.482 e. The fraction of sp³-hybridized carbons (Fsp3) is 0.318. The van der Waals surface area contributed by atoms with Crippen LogP contribution in [0, 0.1) is 20.8 Å². The number of amides is 1. The second kappa shape index (κ2) is 9.53. The summed E-state index contributed by atoms with van der Waals surface area (Å²) in [4.78, 5) is 12.4. The number of hydrogen-bond acceptors (Lipinski definition) is 5. The van der Waals surface area contributed by atoms with Crippen molar-refractivity contribution >= 4 is 35.0 Å². The maximum absolute atomic E-state index is 12.4. The van der Waals surface area contributed by atoms with Crippen LogP contribution in [0.5, 0.6) is 5.75 Å². The Balaban J connectivity index is 1.62. The SMILES string of the molecule is Cc1ccc(OC(C)c2nnc(SCC(=O)Nc3cccc(Cl)c3C)n2C)c(C)c1. The normalized spacial score (nSPS) is 11.9. The number of thioether (sulfide) groups is 1. The van der Waals surface area contributed by atoms with E-state index in [1.165, 1.54) is 17.3 Å². The maximum Gasteiger partial charge on any atom is 0.234 e. The van der Waals surface area contributed by atoms with E-state index in [0.29, 0.717) is 21.7 Å². The highest BCUT2D eigenvalue weighted by molar-refractivity contribution is 7.99. The molecule has 3 aromatic rings. The van der Waals surface area contributed by atoms with E-state index in [9.17, 15) is 4.79 Å². The van der Waals surface area contributed by atoms with Crippen LogP contribution in [0.1, 0.15) is 35.5 Å². The molecule has 8 heteroatoms. The molecule has 6 nitrogen and oxygen atoms in total. The van der Waals surface area contributed by atoms with Gasteiger partial charge in [0.05, 0.1) is 5.75 Å². The van der Waals surface area contributed by atoms with E-state index in [4.69, 9.17) is 16.3 Å². The van der Waals surface area contributed by atoms with E-state index < -0.39 is 0 Å². The molecule has 1 aromatic heterocycles. The van der Waals surface area contributed by atoms with Gasteiger partial charge in [-0.3, -0.25) is 4.79 Å². The molecule has 0 aliphatic heterocycles. The van der Waals surface area contributed by atoms with Crippen LogP contribution >= 0.6 is 23.4 Å². The third-order valence-corrected chi connectivity index (χ3v) is 6.17. The van der Waals surface area contributed by atoms with Gasteiger partial charge in [-0.05, 0) is 57.0 Å². The molecular formula is C22H25ClN4O2S. The summed E-state index contributed by atoms with van der Waals surface area (Å²) in [7, 11) is 1.87. The van der Waals surface area contributed by atoms with Crippen LogP contribution in [0.3, 0.4) is 0 Å². The molecular weight excluding hydrogens is 420 g/mol. The van der Waals surface area contributed by atoms with Gasteiger partial charge in [-0.2, -0.15) is 0 Å². The zero-order valence-corrected chi connectivity index (χ0v) is 19.3. The fourth-order valence-electron chi connectivity index (χ4n) is 3.04. The lowest BCUT2D eigenvalue weighted by Crippen LogP contribution is -2.15. The molecule has 0 fully saturated rings. The van der Waals surface area contributed by atoms with E-state index in [1.54, 1.807) is 6.07 Å². The first-order valence-electron chi connectivity index (χ1n) is 9.57. The summed E-state index contributed by atoms with van der Waals surface area (Å²) in [5, 5.41) is 12.6. The Kier molecular flexibility index (Phi) is 7.05. The third-order valence-electron chi connectivity index (χ3n) is 4.74. The van der Waals surface area contributed by atoms with Gasteiger partial charge in [0.1, 0.15) is 5.75 Å². The molecule has 0 aliphatic rings. The molecule has 30 heavy (non-hydrogen) atoms. The minimum absolute atomic E-state index is 0.130. The van der Waals surface area contributed by atoms with Crippen molar-refractivity contribution in [1.82, 2.24) is 14.8 Å². The van der Waals surface area contributed by atoms with Crippen molar-refractivity contribution in [2.45, 2.75) is 39.0 Å². The van der Waals surface area contributed by atoms with Crippen molar-refractivity contribution in [2.24, 2.45) is 7.05 Å². The van der Waals surface area contributed by atoms with Gasteiger partial charge >= 0.3 is 0 Å². The summed E-state index contributed by atoms with van der Waals surface area (Å²) >= 11 is 7.43. The van der Waals surface area contributed by atoms with Crippen molar-refractivity contribution in [3.05, 3.63) is 63.9 Å². The molecule has 1 atom stereocenters. The summed E-state index contributed by atoms with van der Waals surface area (Å²) in [5.74, 6) is 1.60. The average Bonchev–Trinajstić information content (AvgIpc) is 3.06. The quantitative estimate of drug-likeness (QED) is 0.503. The molecule has 1 unspecified atom stereocenters. The molecule has 1 amide bonds. The topological polar surface area (TPSA) is 69.0 Å². The average molecular weight is 445 g/mol. The van der Waals surface area contributed by atoms with Gasteiger partial charge < -0.3 is 14.6 Å². The Morgan fingerprint density at radius 2 is 2.00 bits per heavy atom. The smallest absolute Gasteiger partial charge is 0.234 e.